The highest BCUT2D eigenvalue weighted by molar-refractivity contribution is 6.28. The lowest BCUT2D eigenvalue weighted by atomic mass is 9.84. The third kappa shape index (κ3) is 11.5. The average Bonchev–Trinajstić information content (AvgIpc) is 1.45. The highest BCUT2D eigenvalue weighted by Gasteiger charge is 2.24. The van der Waals surface area contributed by atoms with Crippen molar-refractivity contribution >= 4 is 174 Å². The minimum Gasteiger partial charge on any atom is -0.456 e. The van der Waals surface area contributed by atoms with E-state index in [1.54, 1.807) is 36.4 Å². The summed E-state index contributed by atoms with van der Waals surface area (Å²) in [4.78, 5) is 0. The summed E-state index contributed by atoms with van der Waals surface area (Å²) in [6.45, 7) is 0. The molecular weight excluding hydrogens is 1470 g/mol. The number of rotatable bonds is 7. The molecule has 0 atom stereocenters. The van der Waals surface area contributed by atoms with Crippen LogP contribution < -0.4 is 0 Å². The predicted molar refractivity (Wildman–Crippen MR) is 514 cm³/mol. The molecule has 0 radical (unpaired) electrons. The van der Waals surface area contributed by atoms with Crippen molar-refractivity contribution in [1.82, 2.24) is 0 Å². The van der Waals surface area contributed by atoms with Crippen molar-refractivity contribution in [1.29, 1.82) is 0 Å². The van der Waals surface area contributed by atoms with Gasteiger partial charge in [0.05, 0.1) is 57.6 Å². The lowest BCUT2D eigenvalue weighted by Gasteiger charge is -2.18. The molecule has 3 nitrogen and oxygen atoms in total. The van der Waals surface area contributed by atoms with Crippen LogP contribution in [0, 0.1) is 0 Å². The van der Waals surface area contributed by atoms with E-state index in [1.807, 2.05) is 146 Å². The lowest BCUT2D eigenvalue weighted by Crippen LogP contribution is -1.91. The fourth-order valence-electron chi connectivity index (χ4n) is 16.8. The average molecular weight is 1580 g/mol. The van der Waals surface area contributed by atoms with Crippen LogP contribution in [-0.4, -0.2) is 0 Å². The van der Waals surface area contributed by atoms with Gasteiger partial charge >= 0.3 is 0 Å². The second-order valence-electron chi connectivity index (χ2n) is 28.6. The van der Waals surface area contributed by atoms with Crippen molar-refractivity contribution in [3.8, 4) is 77.9 Å². The molecule has 0 amide bonds. The van der Waals surface area contributed by atoms with Gasteiger partial charge in [-0.05, 0) is 241 Å². The Morgan fingerprint density at radius 1 is 0.165 bits per heavy atom. The molecule has 0 aliphatic heterocycles. The van der Waals surface area contributed by atoms with Crippen LogP contribution in [0.25, 0.3) is 251 Å². The van der Waals surface area contributed by atoms with Crippen molar-refractivity contribution in [2.45, 2.75) is 0 Å². The molecule has 3 heterocycles. The van der Waals surface area contributed by atoms with E-state index in [1.165, 1.54) is 0 Å². The molecule has 26 aromatic rings. The van der Waals surface area contributed by atoms with E-state index in [9.17, 15) is 15.1 Å². The van der Waals surface area contributed by atoms with E-state index >= 15 is 0 Å². The molecule has 0 unspecified atom stereocenters. The largest absolute Gasteiger partial charge is 0.456 e. The maximum absolute atomic E-state index is 9.46. The summed E-state index contributed by atoms with van der Waals surface area (Å²) in [6.07, 6.45) is 0. The highest BCUT2D eigenvalue weighted by Crippen LogP contribution is 2.51. The molecule has 0 bridgehead atoms. The molecule has 121 heavy (non-hydrogen) atoms. The van der Waals surface area contributed by atoms with Gasteiger partial charge in [0.2, 0.25) is 0 Å². The Kier molecular flexibility index (Phi) is 9.25. The third-order valence-electron chi connectivity index (χ3n) is 22.1. The first kappa shape index (κ1) is 39.3. The first-order valence-electron chi connectivity index (χ1n) is 59.2. The molecule has 0 saturated carbocycles. The van der Waals surface area contributed by atoms with Gasteiger partial charge in [-0.25, -0.2) is 0 Å². The van der Waals surface area contributed by atoms with Crippen molar-refractivity contribution in [2.24, 2.45) is 0 Å². The van der Waals surface area contributed by atoms with Crippen LogP contribution in [0.1, 0.15) is 57.6 Å². The summed E-state index contributed by atoms with van der Waals surface area (Å²) in [5.74, 6) is 0. The van der Waals surface area contributed by atoms with Gasteiger partial charge < -0.3 is 13.3 Å². The maximum atomic E-state index is 9.46. The molecule has 0 saturated heterocycles. The Bertz CT molecular complexity index is 11200. The van der Waals surface area contributed by atoms with Gasteiger partial charge in [0, 0.05) is 37.7 Å². The lowest BCUT2D eigenvalue weighted by molar-refractivity contribution is 0.669. The second-order valence-corrected chi connectivity index (χ2v) is 28.6. The quantitative estimate of drug-likeness (QED) is 0.149. The standard InChI is InChI=1S/C42H26O.C40H24O.C36H22O/c1-2-10-28(11-3-1)41-34-14-6-8-16-36(34)42(37-17-9-7-15-35(37)41)29-20-18-27(19-21-29)32-22-23-33-38-24-30-12-4-5-13-31(30)25-40(38)43-39(33)26-32;1-3-13-28-25(10-1)12-9-19-31(28)39-34-17-7-5-15-32(34)38(33-16-6-8-18-35(33)39)27-21-22-30-36-23-20-26-11-2-4-14-29(26)40(36)41-37(30)24-27;1-2-11-24(12-3-1)34-27-14-6-8-16-29(27)35(30-17-9-7-15-28(30)34)25-18-20-31-33(22-25)37-32-21-19-23-10-4-5-13-26(23)36(31)32/h1-26H;1-24H;1-22H/i1D,2D,3D,4D,5D,6D,7D,8D,9D,10D,11D,12D,13D,14D,15D,16D,17D,18D,19D,20D,21D,22D,23D,24D,25D,26D;5D,6D,7D,8D,15D,16D,17D,18D;6D,7D,8D,9D,14D,15D,16D,17D. The molecule has 0 spiro atoms. The van der Waals surface area contributed by atoms with Crippen LogP contribution >= 0.6 is 0 Å². The summed E-state index contributed by atoms with van der Waals surface area (Å²) in [6, 6.07) is 28.6. The second kappa shape index (κ2) is 28.5. The normalized spacial score (nSPS) is 16.7. The first-order valence-corrected chi connectivity index (χ1v) is 38.2. The number of hydrogen-bond donors (Lipinski definition) is 0. The van der Waals surface area contributed by atoms with Crippen LogP contribution in [0.3, 0.4) is 0 Å². The van der Waals surface area contributed by atoms with Gasteiger partial charge in [-0.3, -0.25) is 0 Å². The van der Waals surface area contributed by atoms with Gasteiger partial charge in [-0.1, -0.05) is 375 Å². The zero-order chi connectivity index (χ0) is 116. The van der Waals surface area contributed by atoms with Crippen molar-refractivity contribution in [3.05, 3.63) is 436 Å². The summed E-state index contributed by atoms with van der Waals surface area (Å²) < 4.78 is 392. The van der Waals surface area contributed by atoms with Crippen LogP contribution in [0.2, 0.25) is 0 Å². The number of benzene rings is 23. The molecule has 0 aliphatic carbocycles. The minimum absolute atomic E-state index is 0.173. The van der Waals surface area contributed by atoms with Crippen molar-refractivity contribution < 1.29 is 70.8 Å². The third-order valence-corrected chi connectivity index (χ3v) is 22.1. The van der Waals surface area contributed by atoms with Crippen molar-refractivity contribution in [3.63, 3.8) is 0 Å². The number of fused-ring (bicyclic) bond motifs is 21. The molecule has 562 valence electrons. The Morgan fingerprint density at radius 2 is 0.562 bits per heavy atom. The zero-order valence-electron chi connectivity index (χ0n) is 105. The fourth-order valence-corrected chi connectivity index (χ4v) is 16.8. The van der Waals surface area contributed by atoms with Gasteiger partial charge in [0.25, 0.3) is 0 Å². The van der Waals surface area contributed by atoms with Crippen LogP contribution in [0.15, 0.2) is 449 Å². The van der Waals surface area contributed by atoms with Gasteiger partial charge in [-0.2, -0.15) is 0 Å². The molecule has 26 rings (SSSR count). The Labute approximate surface area is 755 Å². The van der Waals surface area contributed by atoms with E-state index < -0.39 is 288 Å². The maximum Gasteiger partial charge on any atom is 0.143 e. The Morgan fingerprint density at radius 3 is 1.14 bits per heavy atom. The topological polar surface area (TPSA) is 39.4 Å². The van der Waals surface area contributed by atoms with E-state index in [-0.39, 0.29) is 96.8 Å². The molecular formula is C118H72O3. The summed E-state index contributed by atoms with van der Waals surface area (Å²) in [5.41, 5.74) is 0.417. The summed E-state index contributed by atoms with van der Waals surface area (Å²) in [5, 5.41) is 6.48. The summed E-state index contributed by atoms with van der Waals surface area (Å²) in [7, 11) is 0. The van der Waals surface area contributed by atoms with E-state index in [2.05, 4.69) is 0 Å². The van der Waals surface area contributed by atoms with Gasteiger partial charge in [0.1, 0.15) is 33.5 Å². The molecule has 0 aliphatic rings. The zero-order valence-corrected chi connectivity index (χ0v) is 62.5. The summed E-state index contributed by atoms with van der Waals surface area (Å²) >= 11 is 0. The fraction of sp³-hybridized carbons (Fsp3) is 0. The smallest absolute Gasteiger partial charge is 0.143 e. The van der Waals surface area contributed by atoms with Gasteiger partial charge in [0.15, 0.2) is 0 Å². The van der Waals surface area contributed by atoms with E-state index in [4.69, 9.17) is 55.7 Å². The van der Waals surface area contributed by atoms with Gasteiger partial charge in [-0.15, -0.1) is 0 Å². The van der Waals surface area contributed by atoms with Crippen LogP contribution in [-0.2, 0) is 0 Å². The number of furan rings is 3. The Hall–Kier alpha value is -15.9. The molecule has 0 N–H and O–H groups in total. The highest BCUT2D eigenvalue weighted by atomic mass is 16.3. The van der Waals surface area contributed by atoms with E-state index in [0.717, 1.165) is 59.4 Å². The monoisotopic (exact) mass is 1580 g/mol. The van der Waals surface area contributed by atoms with E-state index in [0.29, 0.717) is 61.3 Å². The first-order chi connectivity index (χ1) is 77.5. The van der Waals surface area contributed by atoms with Crippen LogP contribution in [0.5, 0.6) is 0 Å². The Balaban J connectivity index is 0.000000131. The van der Waals surface area contributed by atoms with Crippen molar-refractivity contribution in [2.75, 3.05) is 0 Å². The molecule has 3 heteroatoms. The minimum atomic E-state index is -1.06. The number of hydrogen-bond acceptors (Lipinski definition) is 3. The predicted octanol–water partition coefficient (Wildman–Crippen LogP) is 34.0. The molecule has 0 fully saturated rings. The SMILES string of the molecule is [2H]c1c([2H])c([2H])c(-c2c3c([2H])c([2H])c([2H])c([2H])c3c(-c3c([2H])c([2H])c(-c4c([2H])c([2H])c5c(oc6c([2H])c7c([2H])c([2H])c([2H])c([2H])c7c([2H])c65)c4[2H])c([2H])c3[2H])c3c([2H])c([2H])c([2H])c([2H])c23)c([2H])c1[2H].[2H]c1c([2H])c([2H])c2c(-c3ccc4c(c3)oc3ccc5ccccc5c34)c3c([2H])c([2H])c([2H])c([2H])c3c(-c3ccccc3)c2c1[2H].[2H]c1c([2H])c([2H])c2c(-c3cccc4ccccc34)c3c([2H])c([2H])c([2H])c([2H])c3c(-c3ccc4c(c3)oc3c5ccccc5ccc43)c2c1[2H]. The molecule has 3 aromatic heterocycles. The molecule has 23 aromatic carbocycles. The van der Waals surface area contributed by atoms with Crippen LogP contribution in [0.4, 0.5) is 0 Å².